The lowest BCUT2D eigenvalue weighted by atomic mass is 9.41. The van der Waals surface area contributed by atoms with E-state index in [0.29, 0.717) is 25.7 Å². The number of hydrogen-bond donors (Lipinski definition) is 8. The van der Waals surface area contributed by atoms with Gasteiger partial charge in [0.2, 0.25) is 6.29 Å². The molecule has 0 radical (unpaired) electrons. The molecule has 0 aromatic heterocycles. The molecule has 45 heavy (non-hydrogen) atoms. The van der Waals surface area contributed by atoms with E-state index in [1.54, 1.807) is 0 Å². The van der Waals surface area contributed by atoms with Crippen LogP contribution in [0.1, 0.15) is 71.6 Å². The number of aliphatic hydroxyl groups excluding tert-OH is 8. The van der Waals surface area contributed by atoms with Crippen LogP contribution in [0.15, 0.2) is 12.2 Å². The maximum atomic E-state index is 13.9. The Balaban J connectivity index is 1.20. The van der Waals surface area contributed by atoms with Gasteiger partial charge in [0.25, 0.3) is 0 Å². The minimum Gasteiger partial charge on any atom is -0.432 e. The molecule has 13 heteroatoms. The van der Waals surface area contributed by atoms with E-state index >= 15 is 0 Å². The van der Waals surface area contributed by atoms with Gasteiger partial charge >= 0.3 is 5.97 Å². The van der Waals surface area contributed by atoms with Gasteiger partial charge in [0.1, 0.15) is 48.8 Å². The Labute approximate surface area is 262 Å². The molecule has 8 N–H and O–H groups in total. The third-order valence-electron chi connectivity index (χ3n) is 12.9. The number of carbonyl (C=O) groups excluding carboxylic acids is 1. The van der Waals surface area contributed by atoms with Crippen molar-refractivity contribution < 1.29 is 64.6 Å². The highest BCUT2D eigenvalue weighted by Crippen LogP contribution is 2.73. The van der Waals surface area contributed by atoms with Gasteiger partial charge in [-0.1, -0.05) is 19.9 Å². The standard InChI is InChI=1S/C32H50O13/c1-15-11-31-9-5-18-29(2,7-4-8-30(18,3)28(41)44-26-24(39)22(37)20(35)16(12-33)42-26)19(31)6-10-32(15,14-31)45-27-25(40)23(38)21(36)17(13-34)43-27/h16-27,33-40H,1,4-14H2,2-3H3/t16-,17-,18-,19-,20-,21-,22+,23+,24-,25-,26+,27+,29+,30?,31+,32+/m1/s1. The summed E-state index contributed by atoms with van der Waals surface area (Å²) in [6, 6.07) is 0. The van der Waals surface area contributed by atoms with Gasteiger partial charge in [-0.3, -0.25) is 4.79 Å². The average Bonchev–Trinajstić information content (AvgIpc) is 3.20. The molecule has 2 aliphatic heterocycles. The summed E-state index contributed by atoms with van der Waals surface area (Å²) < 4.78 is 23.4. The van der Waals surface area contributed by atoms with Gasteiger partial charge in [-0.05, 0) is 86.5 Å². The summed E-state index contributed by atoms with van der Waals surface area (Å²) in [4.78, 5) is 13.9. The molecule has 13 nitrogen and oxygen atoms in total. The second-order valence-electron chi connectivity index (χ2n) is 15.2. The predicted octanol–water partition coefficient (Wildman–Crippen LogP) is -0.762. The molecule has 2 saturated heterocycles. The third-order valence-corrected chi connectivity index (χ3v) is 12.9. The van der Waals surface area contributed by atoms with Crippen molar-refractivity contribution in [2.45, 2.75) is 139 Å². The number of esters is 1. The molecule has 0 amide bonds. The fourth-order valence-electron chi connectivity index (χ4n) is 10.5. The van der Waals surface area contributed by atoms with Crippen LogP contribution < -0.4 is 0 Å². The smallest absolute Gasteiger partial charge is 0.314 e. The minimum absolute atomic E-state index is 0.0421. The number of aliphatic hydroxyl groups is 8. The lowest BCUT2D eigenvalue weighted by Gasteiger charge is -2.64. The molecule has 2 heterocycles. The lowest BCUT2D eigenvalue weighted by Crippen LogP contribution is -2.63. The first-order valence-corrected chi connectivity index (χ1v) is 16.3. The summed E-state index contributed by atoms with van der Waals surface area (Å²) in [5.74, 6) is -0.348. The largest absolute Gasteiger partial charge is 0.432 e. The summed E-state index contributed by atoms with van der Waals surface area (Å²) in [7, 11) is 0. The van der Waals surface area contributed by atoms with E-state index in [1.165, 1.54) is 0 Å². The van der Waals surface area contributed by atoms with Crippen LogP contribution in [0.2, 0.25) is 0 Å². The Morgan fingerprint density at radius 3 is 2.00 bits per heavy atom. The second-order valence-corrected chi connectivity index (χ2v) is 15.2. The molecule has 0 aromatic carbocycles. The van der Waals surface area contributed by atoms with Crippen molar-refractivity contribution in [2.75, 3.05) is 13.2 Å². The summed E-state index contributed by atoms with van der Waals surface area (Å²) in [5, 5.41) is 81.4. The van der Waals surface area contributed by atoms with Crippen molar-refractivity contribution in [1.29, 1.82) is 0 Å². The van der Waals surface area contributed by atoms with Gasteiger partial charge in [-0.25, -0.2) is 0 Å². The van der Waals surface area contributed by atoms with Crippen LogP contribution in [0.4, 0.5) is 0 Å². The zero-order valence-corrected chi connectivity index (χ0v) is 26.0. The first kappa shape index (κ1) is 33.7. The third kappa shape index (κ3) is 5.04. The zero-order valence-electron chi connectivity index (χ0n) is 26.0. The number of fused-ring (bicyclic) bond motifs is 3. The molecule has 6 aliphatic rings. The van der Waals surface area contributed by atoms with Gasteiger partial charge in [-0.2, -0.15) is 0 Å². The molecule has 4 saturated carbocycles. The molecular weight excluding hydrogens is 592 g/mol. The van der Waals surface area contributed by atoms with Gasteiger partial charge in [-0.15, -0.1) is 0 Å². The second kappa shape index (κ2) is 11.7. The van der Waals surface area contributed by atoms with E-state index < -0.39 is 91.6 Å². The highest BCUT2D eigenvalue weighted by molar-refractivity contribution is 5.77. The maximum absolute atomic E-state index is 13.9. The molecule has 2 bridgehead atoms. The van der Waals surface area contributed by atoms with Crippen molar-refractivity contribution >= 4 is 5.97 Å². The fraction of sp³-hybridized carbons (Fsp3) is 0.906. The van der Waals surface area contributed by atoms with E-state index in [2.05, 4.69) is 13.5 Å². The molecule has 0 aromatic rings. The minimum atomic E-state index is -1.67. The van der Waals surface area contributed by atoms with E-state index in [-0.39, 0.29) is 22.7 Å². The van der Waals surface area contributed by atoms with Crippen LogP contribution in [0.5, 0.6) is 0 Å². The van der Waals surface area contributed by atoms with Crippen LogP contribution in [-0.4, -0.2) is 127 Å². The summed E-state index contributed by atoms with van der Waals surface area (Å²) in [5.41, 5.74) is -1.20. The van der Waals surface area contributed by atoms with Crippen LogP contribution in [0.3, 0.4) is 0 Å². The fourth-order valence-corrected chi connectivity index (χ4v) is 10.5. The first-order valence-electron chi connectivity index (χ1n) is 16.3. The van der Waals surface area contributed by atoms with E-state index in [1.807, 2.05) is 6.92 Å². The Morgan fingerprint density at radius 2 is 1.38 bits per heavy atom. The van der Waals surface area contributed by atoms with Crippen LogP contribution in [0, 0.1) is 28.1 Å². The number of rotatable bonds is 6. The monoisotopic (exact) mass is 642 g/mol. The number of carbonyl (C=O) groups is 1. The summed E-state index contributed by atoms with van der Waals surface area (Å²) >= 11 is 0. The molecule has 256 valence electrons. The Kier molecular flexibility index (Phi) is 8.77. The SMILES string of the molecule is C=C1C[C@]23CC[C@H]4C(C)(C(=O)O[C@@H]5O[C@H](CO)[C@@H](O)[C@H](O)[C@H]5O)CCC[C@]4(C)[C@H]2CC[C@]1(O[C@@H]1O[C@H](CO)[C@@H](O)[C@H](O)[C@H]1O)C3. The first-order chi connectivity index (χ1) is 21.2. The highest BCUT2D eigenvalue weighted by atomic mass is 16.7. The van der Waals surface area contributed by atoms with Crippen molar-refractivity contribution in [3.8, 4) is 0 Å². The van der Waals surface area contributed by atoms with Crippen LogP contribution in [0.25, 0.3) is 0 Å². The molecular formula is C32H50O13. The Hall–Kier alpha value is -1.23. The predicted molar refractivity (Wildman–Crippen MR) is 154 cm³/mol. The molecule has 16 atom stereocenters. The highest BCUT2D eigenvalue weighted by Gasteiger charge is 2.69. The molecule has 4 aliphatic carbocycles. The van der Waals surface area contributed by atoms with E-state index in [9.17, 15) is 45.6 Å². The van der Waals surface area contributed by atoms with Crippen LogP contribution >= 0.6 is 0 Å². The van der Waals surface area contributed by atoms with Crippen LogP contribution in [-0.2, 0) is 23.7 Å². The summed E-state index contributed by atoms with van der Waals surface area (Å²) in [6.45, 7) is 7.41. The zero-order chi connectivity index (χ0) is 32.7. The van der Waals surface area contributed by atoms with Crippen molar-refractivity contribution in [3.05, 3.63) is 12.2 Å². The Morgan fingerprint density at radius 1 is 0.800 bits per heavy atom. The van der Waals surface area contributed by atoms with Gasteiger partial charge in [0, 0.05) is 0 Å². The molecule has 6 fully saturated rings. The van der Waals surface area contributed by atoms with E-state index in [4.69, 9.17) is 18.9 Å². The number of ether oxygens (including phenoxy) is 4. The van der Waals surface area contributed by atoms with Crippen molar-refractivity contribution in [2.24, 2.45) is 28.1 Å². The maximum Gasteiger partial charge on any atom is 0.314 e. The van der Waals surface area contributed by atoms with Gasteiger partial charge in [0.05, 0.1) is 24.2 Å². The van der Waals surface area contributed by atoms with E-state index in [0.717, 1.165) is 37.7 Å². The van der Waals surface area contributed by atoms with Gasteiger partial charge in [0.15, 0.2) is 6.29 Å². The summed E-state index contributed by atoms with van der Waals surface area (Å²) in [6.07, 6.45) is -7.82. The van der Waals surface area contributed by atoms with Crippen molar-refractivity contribution in [3.63, 3.8) is 0 Å². The van der Waals surface area contributed by atoms with Gasteiger partial charge < -0.3 is 59.8 Å². The Bertz CT molecular complexity index is 1150. The molecule has 1 spiro atoms. The average molecular weight is 643 g/mol. The molecule has 6 rings (SSSR count). The molecule has 1 unspecified atom stereocenters. The van der Waals surface area contributed by atoms with Crippen molar-refractivity contribution in [1.82, 2.24) is 0 Å². The lowest BCUT2D eigenvalue weighted by molar-refractivity contribution is -0.327. The number of hydrogen-bond acceptors (Lipinski definition) is 13. The quantitative estimate of drug-likeness (QED) is 0.102. The normalized spacial score (nSPS) is 54.7. The topological polar surface area (TPSA) is 216 Å².